The molecule has 0 aliphatic carbocycles. The monoisotopic (exact) mass is 480 g/mol. The molecule has 9 heteroatoms. The molecule has 168 valence electrons. The number of sulfonamides is 1. The fourth-order valence-corrected chi connectivity index (χ4v) is 5.25. The number of para-hydroxylation sites is 1. The van der Waals surface area contributed by atoms with Crippen molar-refractivity contribution in [3.05, 3.63) is 89.3 Å². The number of aromatic nitrogens is 2. The number of fused-ring (bicyclic) bond motifs is 1. The van der Waals surface area contributed by atoms with Crippen LogP contribution in [0.25, 0.3) is 10.9 Å². The van der Waals surface area contributed by atoms with Crippen molar-refractivity contribution in [1.29, 1.82) is 0 Å². The predicted octanol–water partition coefficient (Wildman–Crippen LogP) is 4.73. The standard InChI is InChI=1S/C24H21ClN4O3S/c1-16-6-3-9-20(17(16)2)29(15-23(30)28-19-11-12-22(25)27-14-19)33(31,32)21-10-4-7-18-8-5-13-26-24(18)21/h3-14H,15H2,1-2H3,(H,28,30). The lowest BCUT2D eigenvalue weighted by Crippen LogP contribution is -2.38. The number of aryl methyl sites for hydroxylation is 1. The molecule has 0 unspecified atom stereocenters. The van der Waals surface area contributed by atoms with Gasteiger partial charge in [-0.15, -0.1) is 0 Å². The molecule has 2 heterocycles. The molecule has 2 aromatic carbocycles. The van der Waals surface area contributed by atoms with Crippen molar-refractivity contribution in [2.75, 3.05) is 16.2 Å². The molecule has 1 amide bonds. The molecule has 0 aliphatic rings. The van der Waals surface area contributed by atoms with Crippen LogP contribution in [0.1, 0.15) is 11.1 Å². The first-order valence-corrected chi connectivity index (χ1v) is 11.9. The van der Waals surface area contributed by atoms with E-state index in [-0.39, 0.29) is 10.0 Å². The second kappa shape index (κ2) is 9.17. The lowest BCUT2D eigenvalue weighted by atomic mass is 10.1. The number of rotatable bonds is 6. The van der Waals surface area contributed by atoms with Crippen molar-refractivity contribution in [3.63, 3.8) is 0 Å². The average Bonchev–Trinajstić information content (AvgIpc) is 2.80. The summed E-state index contributed by atoms with van der Waals surface area (Å²) in [7, 11) is -4.14. The van der Waals surface area contributed by atoms with E-state index >= 15 is 0 Å². The Labute approximate surface area is 197 Å². The minimum atomic E-state index is -4.14. The molecule has 1 N–H and O–H groups in total. The summed E-state index contributed by atoms with van der Waals surface area (Å²) in [6, 6.07) is 17.0. The first-order valence-electron chi connectivity index (χ1n) is 10.1. The lowest BCUT2D eigenvalue weighted by molar-refractivity contribution is -0.114. The van der Waals surface area contributed by atoms with Gasteiger partial charge in [0.05, 0.1) is 23.1 Å². The molecule has 0 spiro atoms. The number of amides is 1. The fourth-order valence-electron chi connectivity index (χ4n) is 3.49. The van der Waals surface area contributed by atoms with Crippen LogP contribution in [0.5, 0.6) is 0 Å². The van der Waals surface area contributed by atoms with Crippen LogP contribution < -0.4 is 9.62 Å². The average molecular weight is 481 g/mol. The number of pyridine rings is 2. The van der Waals surface area contributed by atoms with Crippen LogP contribution in [-0.2, 0) is 14.8 Å². The summed E-state index contributed by atoms with van der Waals surface area (Å²) >= 11 is 5.80. The molecule has 0 fully saturated rings. The Balaban J connectivity index is 1.79. The van der Waals surface area contributed by atoms with Crippen molar-refractivity contribution in [2.45, 2.75) is 18.7 Å². The maximum atomic E-state index is 13.9. The quantitative estimate of drug-likeness (QED) is 0.402. The number of carbonyl (C=O) groups excluding carboxylic acids is 1. The number of hydrogen-bond donors (Lipinski definition) is 1. The largest absolute Gasteiger partial charge is 0.323 e. The first-order chi connectivity index (χ1) is 15.8. The van der Waals surface area contributed by atoms with Gasteiger partial charge in [0.1, 0.15) is 16.6 Å². The van der Waals surface area contributed by atoms with Gasteiger partial charge in [0.25, 0.3) is 10.0 Å². The smallest absolute Gasteiger partial charge is 0.266 e. The third-order valence-electron chi connectivity index (χ3n) is 5.31. The Bertz CT molecular complexity index is 1430. The number of nitrogens with one attached hydrogen (secondary N) is 1. The summed E-state index contributed by atoms with van der Waals surface area (Å²) in [5.74, 6) is -0.517. The molecule has 7 nitrogen and oxygen atoms in total. The van der Waals surface area contributed by atoms with Crippen molar-refractivity contribution in [2.24, 2.45) is 0 Å². The van der Waals surface area contributed by atoms with Crippen LogP contribution in [0.2, 0.25) is 5.15 Å². The van der Waals surface area contributed by atoms with Crippen molar-refractivity contribution in [3.8, 4) is 0 Å². The maximum absolute atomic E-state index is 13.9. The normalized spacial score (nSPS) is 11.4. The SMILES string of the molecule is Cc1cccc(N(CC(=O)Nc2ccc(Cl)nc2)S(=O)(=O)c2cccc3cccnc23)c1C. The molecule has 0 bridgehead atoms. The fraction of sp³-hybridized carbons (Fsp3) is 0.125. The van der Waals surface area contributed by atoms with E-state index in [9.17, 15) is 13.2 Å². The van der Waals surface area contributed by atoms with Gasteiger partial charge in [-0.2, -0.15) is 0 Å². The number of hydrogen-bond acceptors (Lipinski definition) is 5. The van der Waals surface area contributed by atoms with Gasteiger partial charge in [-0.3, -0.25) is 14.1 Å². The van der Waals surface area contributed by atoms with E-state index in [1.54, 1.807) is 48.7 Å². The third-order valence-corrected chi connectivity index (χ3v) is 7.32. The topological polar surface area (TPSA) is 92.3 Å². The Morgan fingerprint density at radius 1 is 1.00 bits per heavy atom. The summed E-state index contributed by atoms with van der Waals surface area (Å²) in [5.41, 5.74) is 2.85. The highest BCUT2D eigenvalue weighted by molar-refractivity contribution is 7.93. The van der Waals surface area contributed by atoms with Gasteiger partial charge in [-0.25, -0.2) is 13.4 Å². The van der Waals surface area contributed by atoms with E-state index < -0.39 is 22.5 Å². The highest BCUT2D eigenvalue weighted by Crippen LogP contribution is 2.31. The Kier molecular flexibility index (Phi) is 6.31. The molecule has 0 saturated heterocycles. The van der Waals surface area contributed by atoms with E-state index in [1.807, 2.05) is 19.9 Å². The summed E-state index contributed by atoms with van der Waals surface area (Å²) in [5, 5.41) is 3.66. The van der Waals surface area contributed by atoms with E-state index in [0.29, 0.717) is 22.3 Å². The van der Waals surface area contributed by atoms with E-state index in [1.165, 1.54) is 18.3 Å². The van der Waals surface area contributed by atoms with Crippen molar-refractivity contribution in [1.82, 2.24) is 9.97 Å². The van der Waals surface area contributed by atoms with Gasteiger partial charge < -0.3 is 5.32 Å². The number of nitrogens with zero attached hydrogens (tertiary/aromatic N) is 3. The van der Waals surface area contributed by atoms with Crippen LogP contribution in [0.3, 0.4) is 0 Å². The second-order valence-electron chi connectivity index (χ2n) is 7.48. The summed E-state index contributed by atoms with van der Waals surface area (Å²) in [6.07, 6.45) is 2.95. The second-order valence-corrected chi connectivity index (χ2v) is 9.70. The first kappa shape index (κ1) is 22.7. The molecule has 0 aliphatic heterocycles. The summed E-state index contributed by atoms with van der Waals surface area (Å²) in [4.78, 5) is 21.2. The Morgan fingerprint density at radius 3 is 2.52 bits per heavy atom. The van der Waals surface area contributed by atoms with Crippen molar-refractivity contribution < 1.29 is 13.2 Å². The zero-order chi connectivity index (χ0) is 23.6. The van der Waals surface area contributed by atoms with Crippen LogP contribution in [0.15, 0.2) is 78.0 Å². The molecule has 0 atom stereocenters. The van der Waals surface area contributed by atoms with Gasteiger partial charge >= 0.3 is 0 Å². The highest BCUT2D eigenvalue weighted by atomic mass is 35.5. The van der Waals surface area contributed by atoms with E-state index in [4.69, 9.17) is 11.6 Å². The molecule has 33 heavy (non-hydrogen) atoms. The zero-order valence-corrected chi connectivity index (χ0v) is 19.6. The summed E-state index contributed by atoms with van der Waals surface area (Å²) < 4.78 is 29.0. The predicted molar refractivity (Wildman–Crippen MR) is 130 cm³/mol. The van der Waals surface area contributed by atoms with Crippen molar-refractivity contribution >= 4 is 49.8 Å². The van der Waals surface area contributed by atoms with E-state index in [2.05, 4.69) is 15.3 Å². The third kappa shape index (κ3) is 4.67. The number of anilines is 2. The molecule has 4 rings (SSSR count). The minimum Gasteiger partial charge on any atom is -0.323 e. The van der Waals surface area contributed by atoms with Crippen LogP contribution in [0, 0.1) is 13.8 Å². The zero-order valence-electron chi connectivity index (χ0n) is 18.0. The highest BCUT2D eigenvalue weighted by Gasteiger charge is 2.30. The van der Waals surface area contributed by atoms with Gasteiger partial charge in [0.2, 0.25) is 5.91 Å². The Hall–Kier alpha value is -3.49. The van der Waals surface area contributed by atoms with Gasteiger partial charge in [-0.05, 0) is 55.3 Å². The van der Waals surface area contributed by atoms with Crippen LogP contribution in [-0.4, -0.2) is 30.8 Å². The van der Waals surface area contributed by atoms with Crippen LogP contribution >= 0.6 is 11.6 Å². The number of carbonyl (C=O) groups is 1. The van der Waals surface area contributed by atoms with Gasteiger partial charge in [0.15, 0.2) is 0 Å². The molecular weight excluding hydrogens is 460 g/mol. The Morgan fingerprint density at radius 2 is 1.76 bits per heavy atom. The lowest BCUT2D eigenvalue weighted by Gasteiger charge is -2.26. The van der Waals surface area contributed by atoms with E-state index in [0.717, 1.165) is 15.4 Å². The molecule has 2 aromatic heterocycles. The number of benzene rings is 2. The molecular formula is C24H21ClN4O3S. The number of halogens is 1. The van der Waals surface area contributed by atoms with Gasteiger partial charge in [0, 0.05) is 11.6 Å². The van der Waals surface area contributed by atoms with Gasteiger partial charge in [-0.1, -0.05) is 41.9 Å². The maximum Gasteiger partial charge on any atom is 0.266 e. The summed E-state index contributed by atoms with van der Waals surface area (Å²) in [6.45, 7) is 3.29. The molecule has 0 radical (unpaired) electrons. The van der Waals surface area contributed by atoms with Crippen LogP contribution in [0.4, 0.5) is 11.4 Å². The molecule has 4 aromatic rings. The molecule has 0 saturated carbocycles. The minimum absolute atomic E-state index is 0.0301.